The highest BCUT2D eigenvalue weighted by molar-refractivity contribution is 8.00. The highest BCUT2D eigenvalue weighted by Gasteiger charge is 2.30. The Labute approximate surface area is 154 Å². The lowest BCUT2D eigenvalue weighted by atomic mass is 9.97. The van der Waals surface area contributed by atoms with Crippen molar-refractivity contribution in [3.05, 3.63) is 30.1 Å². The van der Waals surface area contributed by atoms with Crippen molar-refractivity contribution in [3.63, 3.8) is 0 Å². The van der Waals surface area contributed by atoms with Crippen LogP contribution in [-0.2, 0) is 9.59 Å². The smallest absolute Gasteiger partial charge is 0.235 e. The van der Waals surface area contributed by atoms with E-state index in [4.69, 9.17) is 5.73 Å². The van der Waals surface area contributed by atoms with Crippen LogP contribution in [0.3, 0.4) is 0 Å². The molecule has 0 saturated carbocycles. The van der Waals surface area contributed by atoms with Gasteiger partial charge in [-0.05, 0) is 31.9 Å². The first-order valence-corrected chi connectivity index (χ1v) is 9.25. The Bertz CT molecular complexity index is 812. The number of carbonyl (C=O) groups excluding carboxylic acids is 2. The van der Waals surface area contributed by atoms with Crippen molar-refractivity contribution in [1.29, 1.82) is 0 Å². The maximum absolute atomic E-state index is 13.8. The molecule has 1 aliphatic rings. The van der Waals surface area contributed by atoms with E-state index in [0.29, 0.717) is 36.1 Å². The topological polar surface area (TPSA) is 105 Å². The van der Waals surface area contributed by atoms with E-state index in [1.54, 1.807) is 30.0 Å². The third kappa shape index (κ3) is 4.04. The second-order valence-corrected chi connectivity index (χ2v) is 7.54. The summed E-state index contributed by atoms with van der Waals surface area (Å²) in [4.78, 5) is 29.9. The lowest BCUT2D eigenvalue weighted by Crippen LogP contribution is -2.46. The molecule has 2 heterocycles. The summed E-state index contributed by atoms with van der Waals surface area (Å²) in [6.45, 7) is 2.73. The zero-order valence-electron chi connectivity index (χ0n) is 14.3. The minimum Gasteiger partial charge on any atom is -0.369 e. The third-order valence-corrected chi connectivity index (χ3v) is 5.31. The van der Waals surface area contributed by atoms with E-state index < -0.39 is 11.1 Å². The first-order chi connectivity index (χ1) is 12.5. The second-order valence-electron chi connectivity index (χ2n) is 6.23. The molecule has 2 amide bonds. The van der Waals surface area contributed by atoms with Crippen LogP contribution in [0.25, 0.3) is 11.4 Å². The minimum absolute atomic E-state index is 0.0850. The van der Waals surface area contributed by atoms with Crippen molar-refractivity contribution < 1.29 is 14.0 Å². The van der Waals surface area contributed by atoms with Crippen LogP contribution >= 0.6 is 11.8 Å². The van der Waals surface area contributed by atoms with Gasteiger partial charge in [-0.25, -0.2) is 9.37 Å². The molecule has 2 unspecified atom stereocenters. The van der Waals surface area contributed by atoms with Crippen LogP contribution in [-0.4, -0.2) is 50.2 Å². The molecule has 9 heteroatoms. The number of benzene rings is 1. The highest BCUT2D eigenvalue weighted by atomic mass is 32.2. The fourth-order valence-corrected chi connectivity index (χ4v) is 3.76. The Morgan fingerprint density at radius 2 is 2.19 bits per heavy atom. The number of nitrogens with two attached hydrogens (primary N) is 1. The molecule has 1 fully saturated rings. The summed E-state index contributed by atoms with van der Waals surface area (Å²) < 4.78 is 13.8. The number of hydrogen-bond donors (Lipinski definition) is 2. The lowest BCUT2D eigenvalue weighted by Gasteiger charge is -2.32. The zero-order valence-corrected chi connectivity index (χ0v) is 15.1. The van der Waals surface area contributed by atoms with E-state index in [2.05, 4.69) is 15.2 Å². The van der Waals surface area contributed by atoms with Crippen molar-refractivity contribution >= 4 is 23.6 Å². The fraction of sp³-hybridized carbons (Fsp3) is 0.412. The Morgan fingerprint density at radius 1 is 1.42 bits per heavy atom. The number of hydrogen-bond acceptors (Lipinski definition) is 5. The quantitative estimate of drug-likeness (QED) is 0.773. The number of aromatic nitrogens is 3. The normalized spacial score (nSPS) is 18.5. The monoisotopic (exact) mass is 377 g/mol. The van der Waals surface area contributed by atoms with Gasteiger partial charge >= 0.3 is 0 Å². The van der Waals surface area contributed by atoms with Crippen LogP contribution in [0.15, 0.2) is 29.4 Å². The number of nitrogens with one attached hydrogen (secondary N) is 1. The summed E-state index contributed by atoms with van der Waals surface area (Å²) in [5.74, 6) is -0.822. The van der Waals surface area contributed by atoms with Gasteiger partial charge in [0.1, 0.15) is 5.82 Å². The number of carbonyl (C=O) groups is 2. The van der Waals surface area contributed by atoms with E-state index in [9.17, 15) is 14.0 Å². The number of piperidine rings is 1. The van der Waals surface area contributed by atoms with Crippen molar-refractivity contribution in [2.75, 3.05) is 13.1 Å². The Balaban J connectivity index is 1.65. The number of rotatable bonds is 5. The summed E-state index contributed by atoms with van der Waals surface area (Å²) in [5.41, 5.74) is 5.69. The van der Waals surface area contributed by atoms with E-state index >= 15 is 0 Å². The molecule has 1 aliphatic heterocycles. The second kappa shape index (κ2) is 7.86. The van der Waals surface area contributed by atoms with Gasteiger partial charge < -0.3 is 10.6 Å². The molecule has 3 rings (SSSR count). The van der Waals surface area contributed by atoms with Gasteiger partial charge in [0.2, 0.25) is 17.0 Å². The standard InChI is InChI=1S/C17H20FN5O2S/c1-10(16(25)23-8-4-5-11(9-23)14(19)24)26-17-20-15(21-22-17)12-6-2-3-7-13(12)18/h2-3,6-7,10-11H,4-5,8-9H2,1H3,(H2,19,24)(H,20,21,22). The summed E-state index contributed by atoms with van der Waals surface area (Å²) in [5, 5.41) is 6.70. The summed E-state index contributed by atoms with van der Waals surface area (Å²) >= 11 is 1.19. The van der Waals surface area contributed by atoms with E-state index in [1.807, 2.05) is 0 Å². The molecule has 0 bridgehead atoms. The van der Waals surface area contributed by atoms with Crippen LogP contribution in [0, 0.1) is 11.7 Å². The number of likely N-dealkylation sites (tertiary alicyclic amines) is 1. The zero-order chi connectivity index (χ0) is 18.7. The molecule has 0 radical (unpaired) electrons. The Morgan fingerprint density at radius 3 is 2.92 bits per heavy atom. The van der Waals surface area contributed by atoms with Gasteiger partial charge in [-0.2, -0.15) is 0 Å². The predicted molar refractivity (Wildman–Crippen MR) is 95.6 cm³/mol. The van der Waals surface area contributed by atoms with Gasteiger partial charge in [0, 0.05) is 13.1 Å². The average molecular weight is 377 g/mol. The SMILES string of the molecule is CC(Sc1n[nH]c(-c2ccccc2F)n1)C(=O)N1CCCC(C(N)=O)C1. The molecule has 0 spiro atoms. The number of nitrogens with zero attached hydrogens (tertiary/aromatic N) is 3. The Kier molecular flexibility index (Phi) is 5.55. The van der Waals surface area contributed by atoms with E-state index in [0.717, 1.165) is 6.42 Å². The van der Waals surface area contributed by atoms with Crippen molar-refractivity contribution in [2.45, 2.75) is 30.2 Å². The van der Waals surface area contributed by atoms with Gasteiger partial charge in [-0.1, -0.05) is 23.9 Å². The number of primary amides is 1. The molecular formula is C17H20FN5O2S. The molecular weight excluding hydrogens is 357 g/mol. The fourth-order valence-electron chi connectivity index (χ4n) is 2.95. The molecule has 0 aliphatic carbocycles. The summed E-state index contributed by atoms with van der Waals surface area (Å²) in [7, 11) is 0. The van der Waals surface area contributed by atoms with Crippen molar-refractivity contribution in [1.82, 2.24) is 20.1 Å². The number of thioether (sulfide) groups is 1. The maximum Gasteiger partial charge on any atom is 0.235 e. The molecule has 2 atom stereocenters. The van der Waals surface area contributed by atoms with E-state index in [-0.39, 0.29) is 17.7 Å². The molecule has 138 valence electrons. The molecule has 1 saturated heterocycles. The summed E-state index contributed by atoms with van der Waals surface area (Å²) in [6.07, 6.45) is 1.47. The first-order valence-electron chi connectivity index (χ1n) is 8.37. The van der Waals surface area contributed by atoms with Crippen molar-refractivity contribution in [3.8, 4) is 11.4 Å². The largest absolute Gasteiger partial charge is 0.369 e. The minimum atomic E-state index is -0.425. The first kappa shape index (κ1) is 18.4. The van der Waals surface area contributed by atoms with Crippen LogP contribution in [0.5, 0.6) is 0 Å². The van der Waals surface area contributed by atoms with Crippen LogP contribution in [0.4, 0.5) is 4.39 Å². The number of aromatic amines is 1. The molecule has 1 aromatic carbocycles. The molecule has 1 aromatic heterocycles. The molecule has 7 nitrogen and oxygen atoms in total. The van der Waals surface area contributed by atoms with E-state index in [1.165, 1.54) is 17.8 Å². The van der Waals surface area contributed by atoms with Crippen LogP contribution in [0.2, 0.25) is 0 Å². The predicted octanol–water partition coefficient (Wildman–Crippen LogP) is 1.82. The lowest BCUT2D eigenvalue weighted by molar-refractivity contribution is -0.134. The highest BCUT2D eigenvalue weighted by Crippen LogP contribution is 2.26. The summed E-state index contributed by atoms with van der Waals surface area (Å²) in [6, 6.07) is 6.27. The Hall–Kier alpha value is -2.42. The van der Waals surface area contributed by atoms with Crippen LogP contribution in [0.1, 0.15) is 19.8 Å². The number of H-pyrrole nitrogens is 1. The van der Waals surface area contributed by atoms with Crippen molar-refractivity contribution in [2.24, 2.45) is 11.7 Å². The number of halogens is 1. The molecule has 26 heavy (non-hydrogen) atoms. The van der Waals surface area contributed by atoms with Gasteiger partial charge in [-0.3, -0.25) is 14.7 Å². The van der Waals surface area contributed by atoms with Crippen LogP contribution < -0.4 is 5.73 Å². The van der Waals surface area contributed by atoms with Gasteiger partial charge in [0.25, 0.3) is 0 Å². The number of amides is 2. The van der Waals surface area contributed by atoms with Gasteiger partial charge in [-0.15, -0.1) is 5.10 Å². The van der Waals surface area contributed by atoms with Gasteiger partial charge in [0.15, 0.2) is 5.82 Å². The molecule has 2 aromatic rings. The van der Waals surface area contributed by atoms with Gasteiger partial charge in [0.05, 0.1) is 16.7 Å². The maximum atomic E-state index is 13.8. The molecule has 3 N–H and O–H groups in total. The third-order valence-electron chi connectivity index (χ3n) is 4.36. The average Bonchev–Trinajstić information content (AvgIpc) is 3.09.